The van der Waals surface area contributed by atoms with E-state index in [1.54, 1.807) is 0 Å². The van der Waals surface area contributed by atoms with Crippen molar-refractivity contribution in [3.63, 3.8) is 0 Å². The summed E-state index contributed by atoms with van der Waals surface area (Å²) in [6.45, 7) is 11.0. The van der Waals surface area contributed by atoms with Gasteiger partial charge in [0.15, 0.2) is 0 Å². The van der Waals surface area contributed by atoms with E-state index in [0.717, 1.165) is 18.0 Å². The van der Waals surface area contributed by atoms with Gasteiger partial charge >= 0.3 is 0 Å². The second-order valence-electron chi connectivity index (χ2n) is 8.24. The van der Waals surface area contributed by atoms with Crippen LogP contribution in [0.25, 0.3) is 0 Å². The van der Waals surface area contributed by atoms with E-state index in [1.165, 1.54) is 51.5 Å². The molecule has 0 amide bonds. The first-order valence-electron chi connectivity index (χ1n) is 8.88. The van der Waals surface area contributed by atoms with E-state index in [4.69, 9.17) is 0 Å². The standard InChI is InChI=1S/C18H36N2/c1-14(2)13-20(15-9-6-7-10-15)16-11-8-12-18(3,4)17(16)19-5/h14-17,19H,6-13H2,1-5H3. The second-order valence-corrected chi connectivity index (χ2v) is 8.24. The zero-order valence-corrected chi connectivity index (χ0v) is 14.4. The lowest BCUT2D eigenvalue weighted by atomic mass is 9.70. The van der Waals surface area contributed by atoms with E-state index in [2.05, 4.69) is 45.0 Å². The molecule has 2 aliphatic carbocycles. The van der Waals surface area contributed by atoms with Crippen molar-refractivity contribution in [2.75, 3.05) is 13.6 Å². The second kappa shape index (κ2) is 6.79. The van der Waals surface area contributed by atoms with Crippen LogP contribution < -0.4 is 5.32 Å². The Morgan fingerprint density at radius 2 is 1.75 bits per heavy atom. The highest BCUT2D eigenvalue weighted by atomic mass is 15.2. The van der Waals surface area contributed by atoms with Crippen molar-refractivity contribution < 1.29 is 0 Å². The molecule has 2 unspecified atom stereocenters. The minimum Gasteiger partial charge on any atom is -0.315 e. The summed E-state index contributed by atoms with van der Waals surface area (Å²) in [4.78, 5) is 2.90. The van der Waals surface area contributed by atoms with Crippen LogP contribution in [-0.4, -0.2) is 36.6 Å². The lowest BCUT2D eigenvalue weighted by Gasteiger charge is -2.50. The van der Waals surface area contributed by atoms with Gasteiger partial charge in [0.2, 0.25) is 0 Å². The first kappa shape index (κ1) is 16.3. The average Bonchev–Trinajstić information content (AvgIpc) is 2.88. The molecule has 20 heavy (non-hydrogen) atoms. The maximum atomic E-state index is 3.68. The van der Waals surface area contributed by atoms with Gasteiger partial charge in [0, 0.05) is 24.7 Å². The van der Waals surface area contributed by atoms with E-state index in [1.807, 2.05) is 0 Å². The van der Waals surface area contributed by atoms with Crippen LogP contribution in [0.4, 0.5) is 0 Å². The summed E-state index contributed by atoms with van der Waals surface area (Å²) in [5, 5.41) is 3.68. The van der Waals surface area contributed by atoms with Gasteiger partial charge in [-0.3, -0.25) is 4.90 Å². The predicted octanol–water partition coefficient (Wildman–Crippen LogP) is 4.05. The molecule has 0 aromatic rings. The Labute approximate surface area is 126 Å². The summed E-state index contributed by atoms with van der Waals surface area (Å²) >= 11 is 0. The van der Waals surface area contributed by atoms with Gasteiger partial charge in [-0.05, 0) is 44.1 Å². The van der Waals surface area contributed by atoms with Crippen molar-refractivity contribution in [2.45, 2.75) is 90.8 Å². The third-order valence-electron chi connectivity index (χ3n) is 5.65. The third-order valence-corrected chi connectivity index (χ3v) is 5.65. The quantitative estimate of drug-likeness (QED) is 0.817. The Bertz CT molecular complexity index is 292. The van der Waals surface area contributed by atoms with Crippen molar-refractivity contribution in [2.24, 2.45) is 11.3 Å². The van der Waals surface area contributed by atoms with Crippen LogP contribution in [0.1, 0.15) is 72.6 Å². The molecule has 0 aliphatic heterocycles. The molecule has 0 aromatic heterocycles. The van der Waals surface area contributed by atoms with Crippen molar-refractivity contribution in [1.82, 2.24) is 10.2 Å². The molecule has 2 atom stereocenters. The molecule has 0 saturated heterocycles. The molecule has 2 rings (SSSR count). The smallest absolute Gasteiger partial charge is 0.0271 e. The van der Waals surface area contributed by atoms with Crippen LogP contribution in [-0.2, 0) is 0 Å². The van der Waals surface area contributed by atoms with Crippen LogP contribution >= 0.6 is 0 Å². The Morgan fingerprint density at radius 3 is 2.30 bits per heavy atom. The van der Waals surface area contributed by atoms with Gasteiger partial charge in [0.1, 0.15) is 0 Å². The zero-order valence-electron chi connectivity index (χ0n) is 14.4. The van der Waals surface area contributed by atoms with Crippen molar-refractivity contribution >= 4 is 0 Å². The summed E-state index contributed by atoms with van der Waals surface area (Å²) in [7, 11) is 2.17. The van der Waals surface area contributed by atoms with Gasteiger partial charge in [-0.15, -0.1) is 0 Å². The molecule has 0 bridgehead atoms. The van der Waals surface area contributed by atoms with E-state index in [9.17, 15) is 0 Å². The molecule has 1 N–H and O–H groups in total. The van der Waals surface area contributed by atoms with Crippen LogP contribution in [0.3, 0.4) is 0 Å². The number of nitrogens with zero attached hydrogens (tertiary/aromatic N) is 1. The summed E-state index contributed by atoms with van der Waals surface area (Å²) in [6.07, 6.45) is 9.91. The molecule has 2 fully saturated rings. The summed E-state index contributed by atoms with van der Waals surface area (Å²) in [6, 6.07) is 2.25. The zero-order chi connectivity index (χ0) is 14.8. The van der Waals surface area contributed by atoms with Gasteiger partial charge < -0.3 is 5.32 Å². The molecule has 118 valence electrons. The van der Waals surface area contributed by atoms with E-state index in [0.29, 0.717) is 11.5 Å². The van der Waals surface area contributed by atoms with Gasteiger partial charge in [-0.1, -0.05) is 47.0 Å². The predicted molar refractivity (Wildman–Crippen MR) is 88.1 cm³/mol. The molecular formula is C18H36N2. The number of rotatable bonds is 5. The summed E-state index contributed by atoms with van der Waals surface area (Å²) in [5.41, 5.74) is 0.436. The average molecular weight is 280 g/mol. The third kappa shape index (κ3) is 3.57. The molecule has 2 heteroatoms. The van der Waals surface area contributed by atoms with Crippen LogP contribution in [0.5, 0.6) is 0 Å². The molecule has 0 spiro atoms. The fraction of sp³-hybridized carbons (Fsp3) is 1.00. The number of hydrogen-bond donors (Lipinski definition) is 1. The molecule has 0 radical (unpaired) electrons. The van der Waals surface area contributed by atoms with Crippen LogP contribution in [0.15, 0.2) is 0 Å². The largest absolute Gasteiger partial charge is 0.315 e. The first-order valence-corrected chi connectivity index (χ1v) is 8.88. The SMILES string of the molecule is CNC1C(N(CC(C)C)C2CCCC2)CCCC1(C)C. The first-order chi connectivity index (χ1) is 9.45. The number of nitrogens with one attached hydrogen (secondary N) is 1. The number of hydrogen-bond acceptors (Lipinski definition) is 2. The lowest BCUT2D eigenvalue weighted by molar-refractivity contribution is 0.0200. The van der Waals surface area contributed by atoms with E-state index < -0.39 is 0 Å². The van der Waals surface area contributed by atoms with Gasteiger partial charge in [0.25, 0.3) is 0 Å². The topological polar surface area (TPSA) is 15.3 Å². The van der Waals surface area contributed by atoms with Gasteiger partial charge in [0.05, 0.1) is 0 Å². The minimum absolute atomic E-state index is 0.436. The number of likely N-dealkylation sites (N-methyl/N-ethyl adjacent to an activating group) is 1. The molecule has 2 aliphatic rings. The van der Waals surface area contributed by atoms with E-state index >= 15 is 0 Å². The Morgan fingerprint density at radius 1 is 1.10 bits per heavy atom. The van der Waals surface area contributed by atoms with Crippen LogP contribution in [0, 0.1) is 11.3 Å². The van der Waals surface area contributed by atoms with Crippen molar-refractivity contribution in [3.05, 3.63) is 0 Å². The fourth-order valence-corrected chi connectivity index (χ4v) is 4.76. The fourth-order valence-electron chi connectivity index (χ4n) is 4.76. The highest BCUT2D eigenvalue weighted by molar-refractivity contribution is 4.99. The Hall–Kier alpha value is -0.0800. The maximum absolute atomic E-state index is 3.68. The molecule has 0 heterocycles. The maximum Gasteiger partial charge on any atom is 0.0271 e. The minimum atomic E-state index is 0.436. The molecule has 2 nitrogen and oxygen atoms in total. The molecule has 2 saturated carbocycles. The van der Waals surface area contributed by atoms with Crippen LogP contribution in [0.2, 0.25) is 0 Å². The lowest BCUT2D eigenvalue weighted by Crippen LogP contribution is -2.60. The monoisotopic (exact) mass is 280 g/mol. The van der Waals surface area contributed by atoms with Gasteiger partial charge in [-0.25, -0.2) is 0 Å². The Balaban J connectivity index is 2.16. The highest BCUT2D eigenvalue weighted by Crippen LogP contribution is 2.40. The van der Waals surface area contributed by atoms with Crippen molar-refractivity contribution in [3.8, 4) is 0 Å². The van der Waals surface area contributed by atoms with E-state index in [-0.39, 0.29) is 0 Å². The molecule has 0 aromatic carbocycles. The van der Waals surface area contributed by atoms with Crippen molar-refractivity contribution in [1.29, 1.82) is 0 Å². The summed E-state index contributed by atoms with van der Waals surface area (Å²) < 4.78 is 0. The normalized spacial score (nSPS) is 31.4. The van der Waals surface area contributed by atoms with Gasteiger partial charge in [-0.2, -0.15) is 0 Å². The molecular weight excluding hydrogens is 244 g/mol. The highest BCUT2D eigenvalue weighted by Gasteiger charge is 2.42. The summed E-state index contributed by atoms with van der Waals surface area (Å²) in [5.74, 6) is 0.776. The Kier molecular flexibility index (Phi) is 5.53.